The summed E-state index contributed by atoms with van der Waals surface area (Å²) in [6.07, 6.45) is 14.4. The van der Waals surface area contributed by atoms with Crippen LogP contribution >= 0.6 is 0 Å². The van der Waals surface area contributed by atoms with Crippen LogP contribution in [0.5, 0.6) is 0 Å². The van der Waals surface area contributed by atoms with Crippen LogP contribution in [0, 0.1) is 5.41 Å². The smallest absolute Gasteiger partial charge is 0.323 e. The van der Waals surface area contributed by atoms with Crippen LogP contribution in [-0.4, -0.2) is 53.1 Å². The second-order valence-corrected chi connectivity index (χ2v) is 8.33. The first kappa shape index (κ1) is 16.2. The molecule has 1 saturated carbocycles. The van der Waals surface area contributed by atoms with Crippen LogP contribution in [0.4, 0.5) is 4.79 Å². The summed E-state index contributed by atoms with van der Waals surface area (Å²) in [4.78, 5) is 18.7. The first-order valence-corrected chi connectivity index (χ1v) is 9.91. The molecule has 0 aromatic rings. The summed E-state index contributed by atoms with van der Waals surface area (Å²) in [6.45, 7) is 1.68. The van der Waals surface area contributed by atoms with Gasteiger partial charge in [-0.1, -0.05) is 12.5 Å². The molecule has 3 fully saturated rings. The third-order valence-electron chi connectivity index (χ3n) is 6.91. The van der Waals surface area contributed by atoms with E-state index in [4.69, 9.17) is 10.5 Å². The Kier molecular flexibility index (Phi) is 3.45. The lowest BCUT2D eigenvalue weighted by Crippen LogP contribution is -2.45. The van der Waals surface area contributed by atoms with Crippen LogP contribution in [0.3, 0.4) is 0 Å². The third kappa shape index (κ3) is 1.99. The number of rotatable bonds is 2. The molecule has 6 heteroatoms. The van der Waals surface area contributed by atoms with Gasteiger partial charge >= 0.3 is 6.03 Å². The summed E-state index contributed by atoms with van der Waals surface area (Å²) in [5, 5.41) is 0. The van der Waals surface area contributed by atoms with E-state index in [1.165, 1.54) is 24.1 Å². The number of carbonyl (C=O) groups excluding carboxylic acids is 1. The number of ether oxygens (including phenoxy) is 1. The lowest BCUT2D eigenvalue weighted by molar-refractivity contribution is -0.0426. The number of hydrogen-bond donors (Lipinski definition) is 1. The largest absolute Gasteiger partial charge is 0.467 e. The highest BCUT2D eigenvalue weighted by atomic mass is 16.5. The van der Waals surface area contributed by atoms with Gasteiger partial charge in [-0.25, -0.2) is 4.79 Å². The van der Waals surface area contributed by atoms with Crippen LogP contribution in [-0.2, 0) is 4.74 Å². The molecule has 4 aliphatic heterocycles. The maximum atomic E-state index is 12.8. The van der Waals surface area contributed by atoms with E-state index in [0.717, 1.165) is 37.9 Å². The van der Waals surface area contributed by atoms with Gasteiger partial charge in [0.1, 0.15) is 5.76 Å². The molecule has 4 heterocycles. The predicted molar refractivity (Wildman–Crippen MR) is 98.4 cm³/mol. The fourth-order valence-electron chi connectivity index (χ4n) is 5.61. The molecule has 0 aromatic carbocycles. The standard InChI is InChI=1S/C20H28N4O2/c1-22-18(25)24(11-9-21)14-20(22)13-19-8-4-2-6-15(19)12-23-10-5-3-7-16(23)17(19)26-20/h5,10,12H,2-4,6-9,11,13-14,21H2,1H3. The molecule has 0 aromatic heterocycles. The van der Waals surface area contributed by atoms with E-state index in [1.54, 1.807) is 0 Å². The SMILES string of the molecule is CN1C(=O)N(CCN)CC12CC13CCCCC1=CN1C=CCCC1=C3O2. The number of nitrogens with zero attached hydrogens (tertiary/aromatic N) is 3. The van der Waals surface area contributed by atoms with E-state index >= 15 is 0 Å². The Balaban J connectivity index is 1.60. The molecule has 6 nitrogen and oxygen atoms in total. The Hall–Kier alpha value is -1.95. The van der Waals surface area contributed by atoms with Crippen molar-refractivity contribution in [3.05, 3.63) is 35.5 Å². The maximum absolute atomic E-state index is 12.8. The van der Waals surface area contributed by atoms with E-state index in [2.05, 4.69) is 23.4 Å². The monoisotopic (exact) mass is 356 g/mol. The van der Waals surface area contributed by atoms with Gasteiger partial charge in [0.15, 0.2) is 0 Å². The molecule has 140 valence electrons. The Morgan fingerprint density at radius 1 is 1.31 bits per heavy atom. The van der Waals surface area contributed by atoms with Crippen molar-refractivity contribution in [3.63, 3.8) is 0 Å². The Morgan fingerprint density at radius 3 is 3.04 bits per heavy atom. The number of hydrogen-bond acceptors (Lipinski definition) is 4. The number of fused-ring (bicyclic) bond motifs is 1. The molecular formula is C20H28N4O2. The van der Waals surface area contributed by atoms with Crippen LogP contribution in [0.25, 0.3) is 0 Å². The predicted octanol–water partition coefficient (Wildman–Crippen LogP) is 2.71. The number of nitrogens with two attached hydrogens (primary N) is 1. The van der Waals surface area contributed by atoms with Gasteiger partial charge in [-0.15, -0.1) is 0 Å². The van der Waals surface area contributed by atoms with Crippen molar-refractivity contribution >= 4 is 6.03 Å². The van der Waals surface area contributed by atoms with E-state index in [9.17, 15) is 4.79 Å². The maximum Gasteiger partial charge on any atom is 0.323 e. The fourth-order valence-corrected chi connectivity index (χ4v) is 5.61. The minimum atomic E-state index is -0.553. The number of likely N-dealkylation sites (N-methyl/N-ethyl adjacent to an activating group) is 1. The molecule has 5 aliphatic rings. The molecule has 1 aliphatic carbocycles. The molecule has 0 radical (unpaired) electrons. The summed E-state index contributed by atoms with van der Waals surface area (Å²) in [5.41, 5.74) is 7.95. The van der Waals surface area contributed by atoms with Crippen molar-refractivity contribution in [2.75, 3.05) is 26.7 Å². The van der Waals surface area contributed by atoms with Crippen molar-refractivity contribution in [3.8, 4) is 0 Å². The lowest BCUT2D eigenvalue weighted by Gasteiger charge is -2.42. The molecule has 2 unspecified atom stereocenters. The minimum Gasteiger partial charge on any atom is -0.467 e. The molecule has 2 atom stereocenters. The van der Waals surface area contributed by atoms with E-state index in [1.807, 2.05) is 16.8 Å². The van der Waals surface area contributed by atoms with Gasteiger partial charge in [0, 0.05) is 39.0 Å². The van der Waals surface area contributed by atoms with Crippen LogP contribution < -0.4 is 5.73 Å². The van der Waals surface area contributed by atoms with E-state index in [0.29, 0.717) is 19.6 Å². The van der Waals surface area contributed by atoms with E-state index in [-0.39, 0.29) is 11.4 Å². The number of amides is 2. The van der Waals surface area contributed by atoms with E-state index < -0.39 is 5.72 Å². The highest BCUT2D eigenvalue weighted by Gasteiger charge is 2.64. The molecular weight excluding hydrogens is 328 g/mol. The van der Waals surface area contributed by atoms with Crippen molar-refractivity contribution in [1.82, 2.24) is 14.7 Å². The number of carbonyl (C=O) groups is 1. The lowest BCUT2D eigenvalue weighted by atomic mass is 9.65. The van der Waals surface area contributed by atoms with Crippen LogP contribution in [0.1, 0.15) is 44.9 Å². The average molecular weight is 356 g/mol. The Bertz CT molecular complexity index is 742. The summed E-state index contributed by atoms with van der Waals surface area (Å²) < 4.78 is 6.79. The van der Waals surface area contributed by atoms with Gasteiger partial charge < -0.3 is 20.3 Å². The topological polar surface area (TPSA) is 62.0 Å². The number of urea groups is 1. The molecule has 2 amide bonds. The van der Waals surface area contributed by atoms with Gasteiger partial charge in [0.2, 0.25) is 5.72 Å². The highest BCUT2D eigenvalue weighted by Crippen LogP contribution is 2.62. The van der Waals surface area contributed by atoms with Gasteiger partial charge in [-0.3, -0.25) is 4.90 Å². The summed E-state index contributed by atoms with van der Waals surface area (Å²) in [7, 11) is 1.89. The van der Waals surface area contributed by atoms with Crippen LogP contribution in [0.15, 0.2) is 35.5 Å². The summed E-state index contributed by atoms with van der Waals surface area (Å²) in [6, 6.07) is 0.0397. The molecule has 5 rings (SSSR count). The third-order valence-corrected chi connectivity index (χ3v) is 6.91. The molecule has 2 saturated heterocycles. The molecule has 2 spiro atoms. The van der Waals surface area contributed by atoms with Gasteiger partial charge in [-0.05, 0) is 37.7 Å². The molecule has 26 heavy (non-hydrogen) atoms. The number of allylic oxidation sites excluding steroid dienone is 3. The normalized spacial score (nSPS) is 35.5. The van der Waals surface area contributed by atoms with Crippen molar-refractivity contribution < 1.29 is 9.53 Å². The molecule has 2 N–H and O–H groups in total. The van der Waals surface area contributed by atoms with Crippen molar-refractivity contribution in [2.45, 2.75) is 50.7 Å². The Labute approximate surface area is 154 Å². The zero-order valence-corrected chi connectivity index (χ0v) is 15.5. The Morgan fingerprint density at radius 2 is 2.19 bits per heavy atom. The van der Waals surface area contributed by atoms with Crippen molar-refractivity contribution in [1.29, 1.82) is 0 Å². The second-order valence-electron chi connectivity index (χ2n) is 8.33. The minimum absolute atomic E-state index is 0.0114. The summed E-state index contributed by atoms with van der Waals surface area (Å²) >= 11 is 0. The first-order valence-electron chi connectivity index (χ1n) is 9.91. The van der Waals surface area contributed by atoms with Gasteiger partial charge in [-0.2, -0.15) is 0 Å². The highest BCUT2D eigenvalue weighted by molar-refractivity contribution is 5.78. The quantitative estimate of drug-likeness (QED) is 0.826. The second kappa shape index (κ2) is 5.52. The van der Waals surface area contributed by atoms with Gasteiger partial charge in [0.25, 0.3) is 0 Å². The van der Waals surface area contributed by atoms with Crippen LogP contribution in [0.2, 0.25) is 0 Å². The zero-order valence-electron chi connectivity index (χ0n) is 15.5. The average Bonchev–Trinajstić information content (AvgIpc) is 3.10. The molecule has 0 bridgehead atoms. The summed E-state index contributed by atoms with van der Waals surface area (Å²) in [5.74, 6) is 1.15. The zero-order chi connectivity index (χ0) is 17.9. The van der Waals surface area contributed by atoms with Crippen molar-refractivity contribution in [2.24, 2.45) is 11.1 Å². The first-order chi connectivity index (χ1) is 12.6. The fraction of sp³-hybridized carbons (Fsp3) is 0.650. The van der Waals surface area contributed by atoms with Gasteiger partial charge in [0.05, 0.1) is 17.7 Å².